The molecule has 0 bridgehead atoms. The molecular formula is C13H12F3N3O. The molecule has 0 aliphatic rings. The Bertz CT molecular complexity index is 601. The predicted molar refractivity (Wildman–Crippen MR) is 66.9 cm³/mol. The van der Waals surface area contributed by atoms with Gasteiger partial charge in [0.25, 0.3) is 0 Å². The molecule has 1 aromatic carbocycles. The maximum Gasteiger partial charge on any atom is 0.416 e. The van der Waals surface area contributed by atoms with E-state index in [1.54, 1.807) is 13.0 Å². The highest BCUT2D eigenvalue weighted by molar-refractivity contribution is 5.31. The number of nitrogens with zero attached hydrogens (tertiary/aromatic N) is 2. The number of nitrogen functional groups attached to an aromatic ring is 1. The lowest BCUT2D eigenvalue weighted by Gasteiger charge is -2.15. The van der Waals surface area contributed by atoms with E-state index in [9.17, 15) is 13.2 Å². The van der Waals surface area contributed by atoms with Crippen molar-refractivity contribution in [3.05, 3.63) is 47.8 Å². The van der Waals surface area contributed by atoms with Crippen molar-refractivity contribution in [3.63, 3.8) is 0 Å². The van der Waals surface area contributed by atoms with E-state index < -0.39 is 17.8 Å². The third-order valence-corrected chi connectivity index (χ3v) is 2.59. The van der Waals surface area contributed by atoms with Crippen LogP contribution in [-0.2, 0) is 6.18 Å². The minimum atomic E-state index is -4.40. The van der Waals surface area contributed by atoms with Crippen LogP contribution >= 0.6 is 0 Å². The molecule has 20 heavy (non-hydrogen) atoms. The van der Waals surface area contributed by atoms with Crippen LogP contribution in [-0.4, -0.2) is 9.97 Å². The van der Waals surface area contributed by atoms with Gasteiger partial charge in [-0.2, -0.15) is 13.2 Å². The summed E-state index contributed by atoms with van der Waals surface area (Å²) in [6.07, 6.45) is -3.48. The number of nitrogens with two attached hydrogens (primary N) is 1. The van der Waals surface area contributed by atoms with E-state index in [1.165, 1.54) is 18.3 Å². The molecule has 0 spiro atoms. The minimum Gasteiger partial charge on any atom is -0.484 e. The summed E-state index contributed by atoms with van der Waals surface area (Å²) >= 11 is 0. The van der Waals surface area contributed by atoms with Gasteiger partial charge >= 0.3 is 6.18 Å². The van der Waals surface area contributed by atoms with Gasteiger partial charge in [0.05, 0.1) is 11.3 Å². The summed E-state index contributed by atoms with van der Waals surface area (Å²) in [4.78, 5) is 7.70. The summed E-state index contributed by atoms with van der Waals surface area (Å²) < 4.78 is 43.2. The highest BCUT2D eigenvalue weighted by atomic mass is 19.4. The number of rotatable bonds is 3. The molecule has 0 radical (unpaired) electrons. The fourth-order valence-corrected chi connectivity index (χ4v) is 1.63. The Balaban J connectivity index is 2.18. The lowest BCUT2D eigenvalue weighted by molar-refractivity contribution is -0.137. The monoisotopic (exact) mass is 283 g/mol. The number of anilines is 1. The van der Waals surface area contributed by atoms with Crippen LogP contribution in [0.5, 0.6) is 5.75 Å². The Hall–Kier alpha value is -2.31. The number of hydrogen-bond acceptors (Lipinski definition) is 4. The quantitative estimate of drug-likeness (QED) is 0.939. The third-order valence-electron chi connectivity index (χ3n) is 2.59. The zero-order valence-corrected chi connectivity index (χ0v) is 10.6. The normalized spacial score (nSPS) is 13.0. The van der Waals surface area contributed by atoms with Crippen LogP contribution in [0.15, 0.2) is 36.5 Å². The zero-order chi connectivity index (χ0) is 14.8. The predicted octanol–water partition coefficient (Wildman–Crippen LogP) is 3.22. The fourth-order valence-electron chi connectivity index (χ4n) is 1.63. The number of ether oxygens (including phenoxy) is 1. The van der Waals surface area contributed by atoms with E-state index >= 15 is 0 Å². The highest BCUT2D eigenvalue weighted by Gasteiger charge is 2.30. The molecule has 0 aliphatic heterocycles. The SMILES string of the molecule is CC(Oc1cccc(C(F)(F)F)c1)c1ccnc(N)n1. The van der Waals surface area contributed by atoms with Gasteiger partial charge in [-0.3, -0.25) is 0 Å². The van der Waals surface area contributed by atoms with Crippen molar-refractivity contribution in [2.24, 2.45) is 0 Å². The summed E-state index contributed by atoms with van der Waals surface area (Å²) in [5.74, 6) is 0.200. The molecule has 1 aromatic heterocycles. The summed E-state index contributed by atoms with van der Waals surface area (Å²) in [5, 5.41) is 0. The van der Waals surface area contributed by atoms with E-state index in [1.807, 2.05) is 0 Å². The molecule has 0 fully saturated rings. The van der Waals surface area contributed by atoms with E-state index in [0.29, 0.717) is 5.69 Å². The van der Waals surface area contributed by atoms with Crippen molar-refractivity contribution >= 4 is 5.95 Å². The van der Waals surface area contributed by atoms with E-state index in [2.05, 4.69) is 9.97 Å². The van der Waals surface area contributed by atoms with Crippen molar-refractivity contribution in [1.29, 1.82) is 0 Å². The van der Waals surface area contributed by atoms with Gasteiger partial charge in [-0.25, -0.2) is 9.97 Å². The topological polar surface area (TPSA) is 61.0 Å². The van der Waals surface area contributed by atoms with Crippen LogP contribution in [0.3, 0.4) is 0 Å². The lowest BCUT2D eigenvalue weighted by atomic mass is 10.2. The minimum absolute atomic E-state index is 0.0852. The zero-order valence-electron chi connectivity index (χ0n) is 10.6. The number of halogens is 3. The maximum absolute atomic E-state index is 12.6. The second-order valence-electron chi connectivity index (χ2n) is 4.13. The molecule has 1 heterocycles. The molecule has 0 saturated heterocycles. The number of alkyl halides is 3. The first-order valence-corrected chi connectivity index (χ1v) is 5.78. The van der Waals surface area contributed by atoms with Crippen molar-refractivity contribution in [2.45, 2.75) is 19.2 Å². The molecule has 1 atom stereocenters. The van der Waals surface area contributed by atoms with Crippen LogP contribution in [0, 0.1) is 0 Å². The Morgan fingerprint density at radius 2 is 2.00 bits per heavy atom. The second-order valence-corrected chi connectivity index (χ2v) is 4.13. The van der Waals surface area contributed by atoms with Crippen LogP contribution in [0.4, 0.5) is 19.1 Å². The summed E-state index contributed by atoms with van der Waals surface area (Å²) in [6, 6.07) is 6.27. The molecule has 106 valence electrons. The summed E-state index contributed by atoms with van der Waals surface area (Å²) in [6.45, 7) is 1.67. The molecule has 1 unspecified atom stereocenters. The van der Waals surface area contributed by atoms with Crippen molar-refractivity contribution in [3.8, 4) is 5.75 Å². The van der Waals surface area contributed by atoms with Gasteiger partial charge in [0.1, 0.15) is 11.9 Å². The smallest absolute Gasteiger partial charge is 0.416 e. The van der Waals surface area contributed by atoms with Crippen molar-refractivity contribution in [2.75, 3.05) is 5.73 Å². The van der Waals surface area contributed by atoms with E-state index in [-0.39, 0.29) is 11.7 Å². The molecule has 2 aromatic rings. The van der Waals surface area contributed by atoms with Gasteiger partial charge in [-0.1, -0.05) is 6.07 Å². The molecule has 0 saturated carbocycles. The van der Waals surface area contributed by atoms with Gasteiger partial charge in [-0.05, 0) is 31.2 Å². The Morgan fingerprint density at radius 3 is 2.65 bits per heavy atom. The standard InChI is InChI=1S/C13H12F3N3O/c1-8(11-5-6-18-12(17)19-11)20-10-4-2-3-9(7-10)13(14,15)16/h2-8H,1H3,(H2,17,18,19). The largest absolute Gasteiger partial charge is 0.484 e. The second kappa shape index (κ2) is 5.36. The van der Waals surface area contributed by atoms with Crippen molar-refractivity contribution in [1.82, 2.24) is 9.97 Å². The first kappa shape index (κ1) is 14.1. The van der Waals surface area contributed by atoms with E-state index in [0.717, 1.165) is 12.1 Å². The molecule has 2 N–H and O–H groups in total. The number of hydrogen-bond donors (Lipinski definition) is 1. The van der Waals surface area contributed by atoms with Gasteiger partial charge in [0.15, 0.2) is 0 Å². The molecule has 2 rings (SSSR count). The van der Waals surface area contributed by atoms with Gasteiger partial charge in [0.2, 0.25) is 5.95 Å². The summed E-state index contributed by atoms with van der Waals surface area (Å²) in [7, 11) is 0. The van der Waals surface area contributed by atoms with Gasteiger partial charge in [-0.15, -0.1) is 0 Å². The fraction of sp³-hybridized carbons (Fsp3) is 0.231. The Morgan fingerprint density at radius 1 is 1.25 bits per heavy atom. The molecule has 4 nitrogen and oxygen atoms in total. The highest BCUT2D eigenvalue weighted by Crippen LogP contribution is 2.32. The maximum atomic E-state index is 12.6. The van der Waals surface area contributed by atoms with Crippen molar-refractivity contribution < 1.29 is 17.9 Å². The molecular weight excluding hydrogens is 271 g/mol. The van der Waals surface area contributed by atoms with Crippen LogP contribution in [0.2, 0.25) is 0 Å². The summed E-state index contributed by atoms with van der Waals surface area (Å²) in [5.41, 5.74) is 5.18. The number of benzene rings is 1. The first-order valence-electron chi connectivity index (χ1n) is 5.78. The van der Waals surface area contributed by atoms with Crippen LogP contribution < -0.4 is 10.5 Å². The third kappa shape index (κ3) is 3.37. The molecule has 0 amide bonds. The number of aromatic nitrogens is 2. The van der Waals surface area contributed by atoms with Crippen LogP contribution in [0.25, 0.3) is 0 Å². The van der Waals surface area contributed by atoms with Gasteiger partial charge in [0, 0.05) is 6.20 Å². The van der Waals surface area contributed by atoms with Gasteiger partial charge < -0.3 is 10.5 Å². The molecule has 7 heteroatoms. The van der Waals surface area contributed by atoms with E-state index in [4.69, 9.17) is 10.5 Å². The Kier molecular flexibility index (Phi) is 3.78. The Labute approximate surface area is 113 Å². The average molecular weight is 283 g/mol. The lowest BCUT2D eigenvalue weighted by Crippen LogP contribution is -2.09. The first-order chi connectivity index (χ1) is 9.36. The average Bonchev–Trinajstić information content (AvgIpc) is 2.38. The molecule has 0 aliphatic carbocycles. The van der Waals surface area contributed by atoms with Crippen LogP contribution in [0.1, 0.15) is 24.3 Å².